The van der Waals surface area contributed by atoms with Crippen molar-refractivity contribution in [3.05, 3.63) is 45.0 Å². The molecular formula is C22H27NO5. The van der Waals surface area contributed by atoms with Gasteiger partial charge in [-0.05, 0) is 57.7 Å². The van der Waals surface area contributed by atoms with E-state index in [0.29, 0.717) is 37.3 Å². The summed E-state index contributed by atoms with van der Waals surface area (Å²) in [6, 6.07) is 2.01. The normalized spacial score (nSPS) is 11.4. The van der Waals surface area contributed by atoms with Gasteiger partial charge < -0.3 is 18.9 Å². The van der Waals surface area contributed by atoms with Crippen molar-refractivity contribution >= 4 is 27.8 Å². The van der Waals surface area contributed by atoms with E-state index in [4.69, 9.17) is 13.6 Å². The van der Waals surface area contributed by atoms with Crippen molar-refractivity contribution in [1.29, 1.82) is 0 Å². The fourth-order valence-corrected chi connectivity index (χ4v) is 3.48. The lowest BCUT2D eigenvalue weighted by molar-refractivity contribution is -0.121. The summed E-state index contributed by atoms with van der Waals surface area (Å²) >= 11 is 0. The number of furan rings is 1. The number of nitrogens with one attached hydrogen (secondary N) is 1. The Kier molecular flexibility index (Phi) is 6.19. The fourth-order valence-electron chi connectivity index (χ4n) is 3.48. The summed E-state index contributed by atoms with van der Waals surface area (Å²) in [5.41, 5.74) is 4.18. The molecule has 3 aromatic rings. The van der Waals surface area contributed by atoms with Gasteiger partial charge in [-0.1, -0.05) is 0 Å². The zero-order valence-electron chi connectivity index (χ0n) is 16.9. The van der Waals surface area contributed by atoms with Crippen LogP contribution >= 0.6 is 0 Å². The second-order valence-corrected chi connectivity index (χ2v) is 7.07. The maximum absolute atomic E-state index is 12.5. The molecular weight excluding hydrogens is 358 g/mol. The topological polar surface area (TPSA) is 81.7 Å². The maximum Gasteiger partial charge on any atom is 0.339 e. The van der Waals surface area contributed by atoms with E-state index in [9.17, 15) is 9.59 Å². The van der Waals surface area contributed by atoms with Crippen LogP contribution in [0.25, 0.3) is 21.9 Å². The highest BCUT2D eigenvalue weighted by Crippen LogP contribution is 2.32. The Hall–Kier alpha value is -2.60. The predicted octanol–water partition coefficient (Wildman–Crippen LogP) is 3.94. The van der Waals surface area contributed by atoms with Crippen LogP contribution in [0.2, 0.25) is 0 Å². The molecule has 0 saturated carbocycles. The van der Waals surface area contributed by atoms with Gasteiger partial charge in [-0.25, -0.2) is 4.79 Å². The SMILES string of the molecule is CCOCCCNC(=O)CCc1c(C)c2cc3c(C)coc3c(C)c2oc1=O. The van der Waals surface area contributed by atoms with E-state index in [1.54, 1.807) is 6.26 Å². The van der Waals surface area contributed by atoms with Crippen LogP contribution in [0.4, 0.5) is 0 Å². The molecule has 1 amide bonds. The molecule has 2 aromatic heterocycles. The Balaban J connectivity index is 1.80. The van der Waals surface area contributed by atoms with Crippen LogP contribution in [0.5, 0.6) is 0 Å². The van der Waals surface area contributed by atoms with Crippen molar-refractivity contribution in [3.63, 3.8) is 0 Å². The summed E-state index contributed by atoms with van der Waals surface area (Å²) < 4.78 is 16.5. The Morgan fingerprint density at radius 1 is 1.14 bits per heavy atom. The number of carbonyl (C=O) groups excluding carboxylic acids is 1. The molecule has 0 atom stereocenters. The molecule has 0 spiro atoms. The molecule has 0 radical (unpaired) electrons. The predicted molar refractivity (Wildman–Crippen MR) is 109 cm³/mol. The molecule has 0 unspecified atom stereocenters. The number of amides is 1. The van der Waals surface area contributed by atoms with Crippen LogP contribution in [-0.4, -0.2) is 25.7 Å². The summed E-state index contributed by atoms with van der Waals surface area (Å²) in [5, 5.41) is 4.77. The minimum Gasteiger partial charge on any atom is -0.464 e. The first kappa shape index (κ1) is 20.1. The van der Waals surface area contributed by atoms with E-state index in [2.05, 4.69) is 5.32 Å². The molecule has 1 N–H and O–H groups in total. The van der Waals surface area contributed by atoms with Crippen molar-refractivity contribution in [3.8, 4) is 0 Å². The number of benzene rings is 1. The van der Waals surface area contributed by atoms with E-state index < -0.39 is 0 Å². The molecule has 0 aliphatic rings. The van der Waals surface area contributed by atoms with Crippen LogP contribution in [0.1, 0.15) is 42.0 Å². The van der Waals surface area contributed by atoms with Gasteiger partial charge in [0.1, 0.15) is 11.2 Å². The Morgan fingerprint density at radius 3 is 2.68 bits per heavy atom. The van der Waals surface area contributed by atoms with E-state index in [1.807, 2.05) is 33.8 Å². The van der Waals surface area contributed by atoms with Crippen molar-refractivity contribution in [2.45, 2.75) is 47.0 Å². The highest BCUT2D eigenvalue weighted by atomic mass is 16.5. The first-order valence-corrected chi connectivity index (χ1v) is 9.72. The number of rotatable bonds is 8. The number of hydrogen-bond donors (Lipinski definition) is 1. The van der Waals surface area contributed by atoms with E-state index in [0.717, 1.165) is 39.5 Å². The first-order chi connectivity index (χ1) is 13.4. The maximum atomic E-state index is 12.5. The lowest BCUT2D eigenvalue weighted by Gasteiger charge is -2.10. The number of aryl methyl sites for hydroxylation is 3. The number of ether oxygens (including phenoxy) is 1. The number of carbonyl (C=O) groups is 1. The molecule has 28 heavy (non-hydrogen) atoms. The van der Waals surface area contributed by atoms with Gasteiger partial charge in [-0.2, -0.15) is 0 Å². The smallest absolute Gasteiger partial charge is 0.339 e. The van der Waals surface area contributed by atoms with Gasteiger partial charge in [0.05, 0.1) is 6.26 Å². The van der Waals surface area contributed by atoms with Crippen molar-refractivity contribution in [2.24, 2.45) is 0 Å². The molecule has 2 heterocycles. The summed E-state index contributed by atoms with van der Waals surface area (Å²) in [4.78, 5) is 24.6. The first-order valence-electron chi connectivity index (χ1n) is 9.72. The van der Waals surface area contributed by atoms with Crippen molar-refractivity contribution in [1.82, 2.24) is 5.32 Å². The minimum absolute atomic E-state index is 0.0762. The molecule has 1 aromatic carbocycles. The summed E-state index contributed by atoms with van der Waals surface area (Å²) in [6.45, 7) is 9.61. The van der Waals surface area contributed by atoms with E-state index >= 15 is 0 Å². The molecule has 3 rings (SSSR count). The molecule has 0 aliphatic carbocycles. The molecule has 150 valence electrons. The molecule has 0 bridgehead atoms. The van der Waals surface area contributed by atoms with Crippen LogP contribution < -0.4 is 10.9 Å². The van der Waals surface area contributed by atoms with Gasteiger partial charge in [-0.15, -0.1) is 0 Å². The zero-order chi connectivity index (χ0) is 20.3. The number of fused-ring (bicyclic) bond motifs is 2. The molecule has 0 fully saturated rings. The third-order valence-corrected chi connectivity index (χ3v) is 5.13. The Bertz CT molecular complexity index is 1060. The molecule has 0 saturated heterocycles. The van der Waals surface area contributed by atoms with Crippen LogP contribution in [0, 0.1) is 20.8 Å². The number of hydrogen-bond acceptors (Lipinski definition) is 5. The summed E-state index contributed by atoms with van der Waals surface area (Å²) in [6.07, 6.45) is 3.08. The fraction of sp³-hybridized carbons (Fsp3) is 0.455. The van der Waals surface area contributed by atoms with Gasteiger partial charge in [-0.3, -0.25) is 4.79 Å². The zero-order valence-corrected chi connectivity index (χ0v) is 16.9. The molecule has 6 nitrogen and oxygen atoms in total. The monoisotopic (exact) mass is 385 g/mol. The molecule has 6 heteroatoms. The lowest BCUT2D eigenvalue weighted by atomic mass is 9.98. The largest absolute Gasteiger partial charge is 0.464 e. The standard InChI is InChI=1S/C22H27NO5/c1-5-26-10-6-9-23-19(24)8-7-16-14(3)18-11-17-13(2)12-27-20(17)15(4)21(18)28-22(16)25/h11-12H,5-10H2,1-4H3,(H,23,24). The lowest BCUT2D eigenvalue weighted by Crippen LogP contribution is -2.26. The highest BCUT2D eigenvalue weighted by Gasteiger charge is 2.18. The van der Waals surface area contributed by atoms with Gasteiger partial charge in [0.15, 0.2) is 0 Å². The molecule has 0 aliphatic heterocycles. The van der Waals surface area contributed by atoms with Gasteiger partial charge in [0, 0.05) is 48.1 Å². The summed E-state index contributed by atoms with van der Waals surface area (Å²) in [5.74, 6) is -0.0762. The van der Waals surface area contributed by atoms with Crippen LogP contribution in [0.3, 0.4) is 0 Å². The third kappa shape index (κ3) is 3.97. The Morgan fingerprint density at radius 2 is 1.93 bits per heavy atom. The van der Waals surface area contributed by atoms with Crippen molar-refractivity contribution < 1.29 is 18.4 Å². The highest BCUT2D eigenvalue weighted by molar-refractivity contribution is 5.99. The quantitative estimate of drug-likeness (QED) is 0.469. The minimum atomic E-state index is -0.389. The second-order valence-electron chi connectivity index (χ2n) is 7.07. The van der Waals surface area contributed by atoms with Crippen LogP contribution in [-0.2, 0) is 16.0 Å². The van der Waals surface area contributed by atoms with E-state index in [-0.39, 0.29) is 18.0 Å². The van der Waals surface area contributed by atoms with Gasteiger partial charge >= 0.3 is 5.63 Å². The van der Waals surface area contributed by atoms with Gasteiger partial charge in [0.2, 0.25) is 5.91 Å². The second kappa shape index (κ2) is 8.61. The van der Waals surface area contributed by atoms with Gasteiger partial charge in [0.25, 0.3) is 0 Å². The van der Waals surface area contributed by atoms with Crippen LogP contribution in [0.15, 0.2) is 26.0 Å². The van der Waals surface area contributed by atoms with E-state index in [1.165, 1.54) is 0 Å². The van der Waals surface area contributed by atoms with Crippen molar-refractivity contribution in [2.75, 3.05) is 19.8 Å². The third-order valence-electron chi connectivity index (χ3n) is 5.13. The Labute approximate surface area is 163 Å². The average Bonchev–Trinajstić information content (AvgIpc) is 3.04. The average molecular weight is 385 g/mol. The summed E-state index contributed by atoms with van der Waals surface area (Å²) in [7, 11) is 0.